The van der Waals surface area contributed by atoms with Crippen LogP contribution in [-0.2, 0) is 9.59 Å². The first-order chi connectivity index (χ1) is 8.93. The van der Waals surface area contributed by atoms with Crippen molar-refractivity contribution in [2.45, 2.75) is 26.3 Å². The van der Waals surface area contributed by atoms with Gasteiger partial charge < -0.3 is 10.2 Å². The molecule has 0 saturated carbocycles. The summed E-state index contributed by atoms with van der Waals surface area (Å²) >= 11 is 3.10. The van der Waals surface area contributed by atoms with Crippen molar-refractivity contribution < 1.29 is 14.0 Å². The van der Waals surface area contributed by atoms with E-state index in [2.05, 4.69) is 21.2 Å². The Balaban J connectivity index is 2.42. The fraction of sp³-hybridized carbons (Fsp3) is 0.385. The number of piperazine rings is 1. The smallest absolute Gasteiger partial charge is 0.250 e. The lowest BCUT2D eigenvalue weighted by molar-refractivity contribution is -0.131. The Bertz CT molecular complexity index is 548. The highest BCUT2D eigenvalue weighted by atomic mass is 79.9. The van der Waals surface area contributed by atoms with Crippen LogP contribution in [0.1, 0.15) is 18.9 Å². The number of hydrogen-bond acceptors (Lipinski definition) is 2. The molecule has 1 aromatic rings. The summed E-state index contributed by atoms with van der Waals surface area (Å²) in [6.07, 6.45) is 0.530. The standard InChI is InChI=1S/C13H14BrFN2O2/c1-3-10-13(19)17(6-12(18)16-10)11-5-8(14)9(15)4-7(11)2/h4-5,10H,3,6H2,1-2H3,(H,16,18). The van der Waals surface area contributed by atoms with Crippen LogP contribution in [0.3, 0.4) is 0 Å². The van der Waals surface area contributed by atoms with Gasteiger partial charge in [-0.2, -0.15) is 0 Å². The van der Waals surface area contributed by atoms with Gasteiger partial charge in [-0.05, 0) is 47.0 Å². The van der Waals surface area contributed by atoms with Gasteiger partial charge in [0.15, 0.2) is 0 Å². The zero-order valence-corrected chi connectivity index (χ0v) is 12.3. The van der Waals surface area contributed by atoms with Crippen LogP contribution in [0.4, 0.5) is 10.1 Å². The number of nitrogens with zero attached hydrogens (tertiary/aromatic N) is 1. The highest BCUT2D eigenvalue weighted by Gasteiger charge is 2.33. The van der Waals surface area contributed by atoms with Crippen LogP contribution in [-0.4, -0.2) is 24.4 Å². The quantitative estimate of drug-likeness (QED) is 0.904. The molecule has 1 saturated heterocycles. The van der Waals surface area contributed by atoms with Crippen molar-refractivity contribution in [3.63, 3.8) is 0 Å². The minimum atomic E-state index is -0.510. The molecule has 6 heteroatoms. The molecule has 19 heavy (non-hydrogen) atoms. The van der Waals surface area contributed by atoms with Gasteiger partial charge in [0.2, 0.25) is 11.8 Å². The van der Waals surface area contributed by atoms with Gasteiger partial charge in [-0.3, -0.25) is 9.59 Å². The lowest BCUT2D eigenvalue weighted by Crippen LogP contribution is -2.58. The molecule has 1 fully saturated rings. The van der Waals surface area contributed by atoms with E-state index in [1.54, 1.807) is 6.92 Å². The molecule has 2 amide bonds. The molecule has 4 nitrogen and oxygen atoms in total. The van der Waals surface area contributed by atoms with Gasteiger partial charge in [-0.1, -0.05) is 6.92 Å². The van der Waals surface area contributed by atoms with Crippen molar-refractivity contribution in [1.29, 1.82) is 0 Å². The van der Waals surface area contributed by atoms with E-state index >= 15 is 0 Å². The van der Waals surface area contributed by atoms with Crippen LogP contribution in [0.25, 0.3) is 0 Å². The molecule has 1 unspecified atom stereocenters. The van der Waals surface area contributed by atoms with Gasteiger partial charge >= 0.3 is 0 Å². The molecule has 0 bridgehead atoms. The maximum Gasteiger partial charge on any atom is 0.250 e. The predicted molar refractivity (Wildman–Crippen MR) is 73.4 cm³/mol. The third-order valence-corrected chi connectivity index (χ3v) is 3.75. The molecule has 0 aromatic heterocycles. The van der Waals surface area contributed by atoms with E-state index < -0.39 is 6.04 Å². The zero-order valence-electron chi connectivity index (χ0n) is 10.7. The topological polar surface area (TPSA) is 49.4 Å². The van der Waals surface area contributed by atoms with E-state index in [9.17, 15) is 14.0 Å². The third-order valence-electron chi connectivity index (χ3n) is 3.14. The summed E-state index contributed by atoms with van der Waals surface area (Å²) in [5.74, 6) is -0.753. The van der Waals surface area contributed by atoms with Crippen LogP contribution < -0.4 is 10.2 Å². The Morgan fingerprint density at radius 1 is 1.47 bits per heavy atom. The number of halogens is 2. The van der Waals surface area contributed by atoms with E-state index in [-0.39, 0.29) is 28.6 Å². The summed E-state index contributed by atoms with van der Waals surface area (Å²) in [5.41, 5.74) is 1.19. The SMILES string of the molecule is CCC1NC(=O)CN(c2cc(Br)c(F)cc2C)C1=O. The number of hydrogen-bond donors (Lipinski definition) is 1. The van der Waals surface area contributed by atoms with Crippen LogP contribution in [0.15, 0.2) is 16.6 Å². The van der Waals surface area contributed by atoms with E-state index in [1.165, 1.54) is 17.0 Å². The van der Waals surface area contributed by atoms with Gasteiger partial charge in [-0.25, -0.2) is 4.39 Å². The van der Waals surface area contributed by atoms with Gasteiger partial charge in [0.1, 0.15) is 18.4 Å². The number of aryl methyl sites for hydroxylation is 1. The molecular formula is C13H14BrFN2O2. The Morgan fingerprint density at radius 3 is 2.79 bits per heavy atom. The molecule has 1 N–H and O–H groups in total. The van der Waals surface area contributed by atoms with E-state index in [0.29, 0.717) is 17.7 Å². The fourth-order valence-electron chi connectivity index (χ4n) is 2.12. The molecular weight excluding hydrogens is 315 g/mol. The lowest BCUT2D eigenvalue weighted by Gasteiger charge is -2.33. The van der Waals surface area contributed by atoms with Crippen molar-refractivity contribution in [2.75, 3.05) is 11.4 Å². The first-order valence-electron chi connectivity index (χ1n) is 6.00. The Labute approximate surface area is 119 Å². The average Bonchev–Trinajstić information content (AvgIpc) is 2.36. The molecule has 0 aliphatic carbocycles. The number of nitrogens with one attached hydrogen (secondary N) is 1. The Kier molecular flexibility index (Phi) is 3.89. The highest BCUT2D eigenvalue weighted by Crippen LogP contribution is 2.28. The molecule has 1 aromatic carbocycles. The molecule has 1 aliphatic heterocycles. The predicted octanol–water partition coefficient (Wildman–Crippen LogP) is 2.14. The van der Waals surface area contributed by atoms with Crippen molar-refractivity contribution in [3.05, 3.63) is 28.0 Å². The second-order valence-electron chi connectivity index (χ2n) is 4.51. The summed E-state index contributed by atoms with van der Waals surface area (Å²) in [6.45, 7) is 3.51. The molecule has 102 valence electrons. The number of carbonyl (C=O) groups excluding carboxylic acids is 2. The van der Waals surface area contributed by atoms with Crippen LogP contribution in [0.5, 0.6) is 0 Å². The molecule has 1 aliphatic rings. The van der Waals surface area contributed by atoms with Crippen molar-refractivity contribution in [3.8, 4) is 0 Å². The summed E-state index contributed by atoms with van der Waals surface area (Å²) in [4.78, 5) is 25.3. The van der Waals surface area contributed by atoms with Crippen LogP contribution >= 0.6 is 15.9 Å². The Morgan fingerprint density at radius 2 is 2.16 bits per heavy atom. The zero-order chi connectivity index (χ0) is 14.2. The van der Waals surface area contributed by atoms with Gasteiger partial charge in [-0.15, -0.1) is 0 Å². The summed E-state index contributed by atoms with van der Waals surface area (Å²) in [6, 6.07) is 2.37. The molecule has 2 rings (SSSR count). The van der Waals surface area contributed by atoms with Gasteiger partial charge in [0.05, 0.1) is 4.47 Å². The van der Waals surface area contributed by atoms with Crippen molar-refractivity contribution in [2.24, 2.45) is 0 Å². The lowest BCUT2D eigenvalue weighted by atomic mass is 10.1. The minimum Gasteiger partial charge on any atom is -0.343 e. The monoisotopic (exact) mass is 328 g/mol. The summed E-state index contributed by atoms with van der Waals surface area (Å²) in [5, 5.41) is 2.65. The summed E-state index contributed by atoms with van der Waals surface area (Å²) in [7, 11) is 0. The van der Waals surface area contributed by atoms with E-state index in [1.807, 2.05) is 6.92 Å². The second-order valence-corrected chi connectivity index (χ2v) is 5.36. The second kappa shape index (κ2) is 5.28. The van der Waals surface area contributed by atoms with E-state index in [0.717, 1.165) is 0 Å². The van der Waals surface area contributed by atoms with Crippen LogP contribution in [0, 0.1) is 12.7 Å². The average molecular weight is 329 g/mol. The highest BCUT2D eigenvalue weighted by molar-refractivity contribution is 9.10. The maximum atomic E-state index is 13.4. The van der Waals surface area contributed by atoms with E-state index in [4.69, 9.17) is 0 Å². The number of anilines is 1. The summed E-state index contributed by atoms with van der Waals surface area (Å²) < 4.78 is 13.7. The number of rotatable bonds is 2. The normalized spacial score (nSPS) is 19.6. The molecule has 1 heterocycles. The Hall–Kier alpha value is -1.43. The first-order valence-corrected chi connectivity index (χ1v) is 6.79. The minimum absolute atomic E-state index is 0.0335. The fourth-order valence-corrected chi connectivity index (χ4v) is 2.45. The maximum absolute atomic E-state index is 13.4. The number of carbonyl (C=O) groups is 2. The molecule has 0 radical (unpaired) electrons. The third kappa shape index (κ3) is 2.63. The van der Waals surface area contributed by atoms with Gasteiger partial charge in [0, 0.05) is 5.69 Å². The largest absolute Gasteiger partial charge is 0.343 e. The number of amides is 2. The van der Waals surface area contributed by atoms with Crippen molar-refractivity contribution >= 4 is 33.4 Å². The van der Waals surface area contributed by atoms with Crippen molar-refractivity contribution in [1.82, 2.24) is 5.32 Å². The molecule has 0 spiro atoms. The number of benzene rings is 1. The molecule has 1 atom stereocenters. The van der Waals surface area contributed by atoms with Gasteiger partial charge in [0.25, 0.3) is 0 Å². The first kappa shape index (κ1) is 14.0. The van der Waals surface area contributed by atoms with Crippen LogP contribution in [0.2, 0.25) is 0 Å².